The number of alkyl halides is 1. The summed E-state index contributed by atoms with van der Waals surface area (Å²) in [6.07, 6.45) is 1.94. The molecule has 0 aliphatic rings. The Morgan fingerprint density at radius 2 is 1.82 bits per heavy atom. The fourth-order valence-electron chi connectivity index (χ4n) is 1.60. The molecule has 1 unspecified atom stereocenters. The minimum absolute atomic E-state index is 0.259. The van der Waals surface area contributed by atoms with Gasteiger partial charge in [-0.1, -0.05) is 42.3 Å². The minimum atomic E-state index is -3.56. The van der Waals surface area contributed by atoms with E-state index in [4.69, 9.17) is 11.6 Å². The zero-order chi connectivity index (χ0) is 13.1. The Hall–Kier alpha value is -0.800. The molecule has 0 spiro atoms. The quantitative estimate of drug-likeness (QED) is 0.618. The number of allylic oxidation sites excluding steroid dienone is 1. The number of hydrogen-bond donors (Lipinski definition) is 0. The zero-order valence-corrected chi connectivity index (χ0v) is 11.8. The van der Waals surface area contributed by atoms with E-state index in [1.54, 1.807) is 43.3 Å². The van der Waals surface area contributed by atoms with E-state index in [0.717, 1.165) is 5.57 Å². The van der Waals surface area contributed by atoms with Gasteiger partial charge in [0.15, 0.2) is 4.21 Å². The number of benzene rings is 1. The van der Waals surface area contributed by atoms with Gasteiger partial charge in [-0.05, 0) is 38.5 Å². The van der Waals surface area contributed by atoms with Crippen molar-refractivity contribution in [1.82, 2.24) is 0 Å². The first-order valence-electron chi connectivity index (χ1n) is 5.48. The predicted octanol–water partition coefficient (Wildman–Crippen LogP) is 3.77. The molecule has 0 aromatic heterocycles. The first-order chi connectivity index (χ1) is 7.83. The summed E-state index contributed by atoms with van der Waals surface area (Å²) in [5.74, 6) is 0. The van der Waals surface area contributed by atoms with Gasteiger partial charge < -0.3 is 0 Å². The molecular weight excluding hydrogens is 256 g/mol. The van der Waals surface area contributed by atoms with Crippen LogP contribution in [-0.4, -0.2) is 12.6 Å². The first kappa shape index (κ1) is 14.3. The van der Waals surface area contributed by atoms with Crippen molar-refractivity contribution >= 4 is 21.4 Å². The number of hydrogen-bond acceptors (Lipinski definition) is 2. The number of rotatable bonds is 4. The first-order valence-corrected chi connectivity index (χ1v) is 7.34. The number of sulfone groups is 1. The van der Waals surface area contributed by atoms with Gasteiger partial charge in [0.1, 0.15) is 0 Å². The van der Waals surface area contributed by atoms with Crippen LogP contribution >= 0.6 is 11.6 Å². The molecule has 1 aromatic carbocycles. The molecule has 0 radical (unpaired) electrons. The SMILES string of the molecule is CCC(Cl)(C=C(C)C)S(=O)(=O)c1ccccc1. The van der Waals surface area contributed by atoms with Gasteiger partial charge in [0, 0.05) is 0 Å². The maximum Gasteiger partial charge on any atom is 0.201 e. The molecular formula is C13H17ClO2S. The van der Waals surface area contributed by atoms with Crippen molar-refractivity contribution in [3.05, 3.63) is 42.0 Å². The second-order valence-corrected chi connectivity index (χ2v) is 7.28. The predicted molar refractivity (Wildman–Crippen MR) is 71.9 cm³/mol. The normalized spacial score (nSPS) is 15.1. The molecule has 0 amide bonds. The minimum Gasteiger partial charge on any atom is -0.222 e. The van der Waals surface area contributed by atoms with Gasteiger partial charge in [0.25, 0.3) is 0 Å². The molecule has 0 aliphatic heterocycles. The summed E-state index contributed by atoms with van der Waals surface area (Å²) in [4.78, 5) is 0.259. The Kier molecular flexibility index (Phi) is 4.39. The summed E-state index contributed by atoms with van der Waals surface area (Å²) in [6.45, 7) is 5.45. The van der Waals surface area contributed by atoms with Crippen LogP contribution in [0.25, 0.3) is 0 Å². The highest BCUT2D eigenvalue weighted by Gasteiger charge is 2.39. The van der Waals surface area contributed by atoms with Crippen LogP contribution in [0.3, 0.4) is 0 Å². The van der Waals surface area contributed by atoms with E-state index in [2.05, 4.69) is 0 Å². The van der Waals surface area contributed by atoms with Gasteiger partial charge in [-0.15, -0.1) is 0 Å². The summed E-state index contributed by atoms with van der Waals surface area (Å²) >= 11 is 6.28. The van der Waals surface area contributed by atoms with Crippen LogP contribution in [-0.2, 0) is 9.84 Å². The lowest BCUT2D eigenvalue weighted by atomic mass is 10.2. The van der Waals surface area contributed by atoms with E-state index in [0.29, 0.717) is 6.42 Å². The van der Waals surface area contributed by atoms with Crippen LogP contribution in [0.15, 0.2) is 46.9 Å². The van der Waals surface area contributed by atoms with Crippen LogP contribution < -0.4 is 0 Å². The molecule has 0 bridgehead atoms. The van der Waals surface area contributed by atoms with Gasteiger partial charge in [0.05, 0.1) is 4.90 Å². The Morgan fingerprint density at radius 3 is 2.24 bits per heavy atom. The molecule has 2 nitrogen and oxygen atoms in total. The fourth-order valence-corrected chi connectivity index (χ4v) is 3.76. The molecule has 0 N–H and O–H groups in total. The molecule has 1 aromatic rings. The second-order valence-electron chi connectivity index (χ2n) is 4.18. The van der Waals surface area contributed by atoms with Crippen molar-refractivity contribution in [3.8, 4) is 0 Å². The van der Waals surface area contributed by atoms with Gasteiger partial charge >= 0.3 is 0 Å². The summed E-state index contributed by atoms with van der Waals surface area (Å²) in [7, 11) is -3.56. The smallest absolute Gasteiger partial charge is 0.201 e. The van der Waals surface area contributed by atoms with E-state index in [9.17, 15) is 8.42 Å². The average molecular weight is 273 g/mol. The van der Waals surface area contributed by atoms with E-state index in [1.165, 1.54) is 0 Å². The molecule has 0 aliphatic carbocycles. The Labute approximate surface area is 108 Å². The van der Waals surface area contributed by atoms with E-state index in [-0.39, 0.29) is 4.90 Å². The molecule has 17 heavy (non-hydrogen) atoms. The van der Waals surface area contributed by atoms with E-state index in [1.807, 2.05) is 13.8 Å². The molecule has 4 heteroatoms. The molecule has 0 saturated heterocycles. The lowest BCUT2D eigenvalue weighted by Crippen LogP contribution is -2.30. The third-order valence-electron chi connectivity index (χ3n) is 2.49. The van der Waals surface area contributed by atoms with Crippen molar-refractivity contribution in [2.45, 2.75) is 36.3 Å². The van der Waals surface area contributed by atoms with Crippen LogP contribution in [0, 0.1) is 0 Å². The summed E-state index contributed by atoms with van der Waals surface area (Å²) in [5.41, 5.74) is 0.890. The summed E-state index contributed by atoms with van der Waals surface area (Å²) in [5, 5.41) is 0. The average Bonchev–Trinajstić information content (AvgIpc) is 2.29. The third kappa shape index (κ3) is 2.90. The highest BCUT2D eigenvalue weighted by atomic mass is 35.5. The maximum atomic E-state index is 12.4. The van der Waals surface area contributed by atoms with Crippen molar-refractivity contribution in [2.24, 2.45) is 0 Å². The van der Waals surface area contributed by atoms with Gasteiger partial charge in [-0.2, -0.15) is 0 Å². The van der Waals surface area contributed by atoms with Crippen LogP contribution in [0.1, 0.15) is 27.2 Å². The van der Waals surface area contributed by atoms with Gasteiger partial charge in [0.2, 0.25) is 9.84 Å². The highest BCUT2D eigenvalue weighted by Crippen LogP contribution is 2.35. The molecule has 1 rings (SSSR count). The number of halogens is 1. The lowest BCUT2D eigenvalue weighted by molar-refractivity contribution is 0.579. The van der Waals surface area contributed by atoms with Crippen molar-refractivity contribution < 1.29 is 8.42 Å². The standard InChI is InChI=1S/C13H17ClO2S/c1-4-13(14,10-11(2)3)17(15,16)12-8-6-5-7-9-12/h5-10H,4H2,1-3H3. The van der Waals surface area contributed by atoms with Crippen molar-refractivity contribution in [3.63, 3.8) is 0 Å². The zero-order valence-electron chi connectivity index (χ0n) is 10.3. The second kappa shape index (κ2) is 5.23. The Balaban J connectivity index is 3.35. The molecule has 94 valence electrons. The highest BCUT2D eigenvalue weighted by molar-refractivity contribution is 7.94. The monoisotopic (exact) mass is 272 g/mol. The largest absolute Gasteiger partial charge is 0.222 e. The van der Waals surface area contributed by atoms with Crippen molar-refractivity contribution in [2.75, 3.05) is 0 Å². The van der Waals surface area contributed by atoms with Crippen molar-refractivity contribution in [1.29, 1.82) is 0 Å². The van der Waals surface area contributed by atoms with Crippen LogP contribution in [0.2, 0.25) is 0 Å². The summed E-state index contributed by atoms with van der Waals surface area (Å²) < 4.78 is 23.5. The fraction of sp³-hybridized carbons (Fsp3) is 0.385. The van der Waals surface area contributed by atoms with Crippen LogP contribution in [0.5, 0.6) is 0 Å². The molecule has 0 fully saturated rings. The van der Waals surface area contributed by atoms with E-state index < -0.39 is 14.0 Å². The Morgan fingerprint density at radius 1 is 1.29 bits per heavy atom. The third-order valence-corrected chi connectivity index (χ3v) is 5.67. The lowest BCUT2D eigenvalue weighted by Gasteiger charge is -2.22. The Bertz CT molecular complexity index is 501. The maximum absolute atomic E-state index is 12.4. The topological polar surface area (TPSA) is 34.1 Å². The molecule has 0 saturated carbocycles. The van der Waals surface area contributed by atoms with Gasteiger partial charge in [-0.25, -0.2) is 8.42 Å². The van der Waals surface area contributed by atoms with Crippen LogP contribution in [0.4, 0.5) is 0 Å². The van der Waals surface area contributed by atoms with E-state index >= 15 is 0 Å². The molecule has 1 atom stereocenters. The van der Waals surface area contributed by atoms with Gasteiger partial charge in [-0.3, -0.25) is 0 Å². The molecule has 0 heterocycles. The summed E-state index contributed by atoms with van der Waals surface area (Å²) in [6, 6.07) is 8.31.